The molecule has 0 heterocycles. The third-order valence-electron chi connectivity index (χ3n) is 4.19. The van der Waals surface area contributed by atoms with Crippen LogP contribution in [0.2, 0.25) is 0 Å². The zero-order valence-electron chi connectivity index (χ0n) is 13.9. The Morgan fingerprint density at radius 2 is 1.84 bits per heavy atom. The van der Waals surface area contributed by atoms with Gasteiger partial charge in [0.05, 0.1) is 5.92 Å². The molecule has 1 aromatic carbocycles. The molecule has 1 saturated carbocycles. The highest BCUT2D eigenvalue weighted by Crippen LogP contribution is 2.27. The fourth-order valence-electron chi connectivity index (χ4n) is 2.61. The number of carboxylic acids is 1. The van der Waals surface area contributed by atoms with E-state index in [0.717, 1.165) is 12.1 Å². The van der Waals surface area contributed by atoms with Gasteiger partial charge in [-0.2, -0.15) is 4.72 Å². The van der Waals surface area contributed by atoms with Gasteiger partial charge in [0.25, 0.3) is 0 Å². The number of rotatable bonds is 7. The molecule has 7 nitrogen and oxygen atoms in total. The first-order valence-corrected chi connectivity index (χ1v) is 9.40. The van der Waals surface area contributed by atoms with Crippen molar-refractivity contribution in [3.8, 4) is 0 Å². The van der Waals surface area contributed by atoms with Gasteiger partial charge in [-0.3, -0.25) is 9.59 Å². The summed E-state index contributed by atoms with van der Waals surface area (Å²) in [5.74, 6) is -3.23. The molecule has 3 N–H and O–H groups in total. The van der Waals surface area contributed by atoms with Crippen LogP contribution in [0.15, 0.2) is 29.2 Å². The lowest BCUT2D eigenvalue weighted by Gasteiger charge is -2.34. The van der Waals surface area contributed by atoms with E-state index in [9.17, 15) is 22.4 Å². The molecular weight excluding hydrogens is 351 g/mol. The van der Waals surface area contributed by atoms with Crippen LogP contribution in [0.4, 0.5) is 4.39 Å². The second-order valence-electron chi connectivity index (χ2n) is 6.49. The van der Waals surface area contributed by atoms with Crippen LogP contribution in [-0.4, -0.2) is 37.5 Å². The van der Waals surface area contributed by atoms with E-state index in [4.69, 9.17) is 5.11 Å². The van der Waals surface area contributed by atoms with Crippen LogP contribution in [0.1, 0.15) is 26.7 Å². The van der Waals surface area contributed by atoms with Crippen molar-refractivity contribution >= 4 is 21.9 Å². The molecular formula is C16H21FN2O5S. The molecule has 1 aliphatic carbocycles. The zero-order valence-corrected chi connectivity index (χ0v) is 14.7. The highest BCUT2D eigenvalue weighted by molar-refractivity contribution is 7.89. The van der Waals surface area contributed by atoms with E-state index < -0.39 is 44.6 Å². The van der Waals surface area contributed by atoms with Gasteiger partial charge in [-0.1, -0.05) is 26.0 Å². The SMILES string of the molecule is CC(C)C(NS(=O)(=O)c1ccccc1F)C(=O)NC1CC(C(=O)O)C1. The molecule has 25 heavy (non-hydrogen) atoms. The molecule has 1 fully saturated rings. The maximum Gasteiger partial charge on any atom is 0.306 e. The predicted molar refractivity (Wildman–Crippen MR) is 87.6 cm³/mol. The lowest BCUT2D eigenvalue weighted by Crippen LogP contribution is -2.55. The number of amides is 1. The molecule has 1 unspecified atom stereocenters. The third kappa shape index (κ3) is 4.55. The molecule has 0 bridgehead atoms. The number of aliphatic carboxylic acids is 1. The van der Waals surface area contributed by atoms with Crippen LogP contribution < -0.4 is 10.0 Å². The normalized spacial score (nSPS) is 21.4. The first kappa shape index (κ1) is 19.3. The van der Waals surface area contributed by atoms with Crippen molar-refractivity contribution in [3.63, 3.8) is 0 Å². The Balaban J connectivity index is 2.07. The van der Waals surface area contributed by atoms with Crippen molar-refractivity contribution in [2.75, 3.05) is 0 Å². The van der Waals surface area contributed by atoms with Gasteiger partial charge in [0.2, 0.25) is 15.9 Å². The number of halogens is 1. The van der Waals surface area contributed by atoms with E-state index in [2.05, 4.69) is 10.0 Å². The Morgan fingerprint density at radius 3 is 2.36 bits per heavy atom. The van der Waals surface area contributed by atoms with Gasteiger partial charge in [0, 0.05) is 6.04 Å². The second kappa shape index (κ2) is 7.49. The van der Waals surface area contributed by atoms with Gasteiger partial charge >= 0.3 is 5.97 Å². The fourth-order valence-corrected chi connectivity index (χ4v) is 4.04. The Kier molecular flexibility index (Phi) is 5.79. The van der Waals surface area contributed by atoms with E-state index in [1.807, 2.05) is 0 Å². The lowest BCUT2D eigenvalue weighted by atomic mass is 9.80. The fraction of sp³-hybridized carbons (Fsp3) is 0.500. The molecule has 9 heteroatoms. The van der Waals surface area contributed by atoms with E-state index in [1.165, 1.54) is 12.1 Å². The van der Waals surface area contributed by atoms with Gasteiger partial charge < -0.3 is 10.4 Å². The lowest BCUT2D eigenvalue weighted by molar-refractivity contribution is -0.146. The van der Waals surface area contributed by atoms with Crippen LogP contribution in [-0.2, 0) is 19.6 Å². The quantitative estimate of drug-likeness (QED) is 0.664. The molecule has 1 aromatic rings. The summed E-state index contributed by atoms with van der Waals surface area (Å²) in [6.45, 7) is 3.32. The molecule has 0 radical (unpaired) electrons. The van der Waals surface area contributed by atoms with Crippen molar-refractivity contribution in [2.45, 2.75) is 43.7 Å². The van der Waals surface area contributed by atoms with Gasteiger partial charge in [-0.25, -0.2) is 12.8 Å². The molecule has 1 amide bonds. The Labute approximate surface area is 145 Å². The minimum Gasteiger partial charge on any atom is -0.481 e. The van der Waals surface area contributed by atoms with Crippen LogP contribution in [0, 0.1) is 17.7 Å². The summed E-state index contributed by atoms with van der Waals surface area (Å²) in [5, 5.41) is 11.5. The smallest absolute Gasteiger partial charge is 0.306 e. The minimum atomic E-state index is -4.21. The second-order valence-corrected chi connectivity index (χ2v) is 8.17. The van der Waals surface area contributed by atoms with E-state index in [1.54, 1.807) is 13.8 Å². The topological polar surface area (TPSA) is 113 Å². The molecule has 0 saturated heterocycles. The Hall–Kier alpha value is -2.00. The van der Waals surface area contributed by atoms with Gasteiger partial charge in [0.1, 0.15) is 16.8 Å². The van der Waals surface area contributed by atoms with Crippen LogP contribution >= 0.6 is 0 Å². The molecule has 0 aromatic heterocycles. The summed E-state index contributed by atoms with van der Waals surface area (Å²) < 4.78 is 40.7. The van der Waals surface area contributed by atoms with Crippen molar-refractivity contribution in [1.29, 1.82) is 0 Å². The monoisotopic (exact) mass is 372 g/mol. The average molecular weight is 372 g/mol. The van der Waals surface area contributed by atoms with E-state index in [0.29, 0.717) is 12.8 Å². The standard InChI is InChI=1S/C16H21FN2O5S/c1-9(2)14(15(20)18-11-7-10(8-11)16(21)22)19-25(23,24)13-6-4-3-5-12(13)17/h3-6,9-11,14,19H,7-8H2,1-2H3,(H,18,20)(H,21,22). The maximum absolute atomic E-state index is 13.8. The first-order chi connectivity index (χ1) is 11.6. The number of nitrogens with one attached hydrogen (secondary N) is 2. The summed E-state index contributed by atoms with van der Waals surface area (Å²) in [5.41, 5.74) is 0. The predicted octanol–water partition coefficient (Wildman–Crippen LogP) is 1.11. The molecule has 138 valence electrons. The summed E-state index contributed by atoms with van der Waals surface area (Å²) >= 11 is 0. The molecule has 0 aliphatic heterocycles. The van der Waals surface area contributed by atoms with Crippen LogP contribution in [0.25, 0.3) is 0 Å². The summed E-state index contributed by atoms with van der Waals surface area (Å²) in [4.78, 5) is 22.6. The van der Waals surface area contributed by atoms with E-state index >= 15 is 0 Å². The Bertz CT molecular complexity index is 760. The van der Waals surface area contributed by atoms with Gasteiger partial charge in [-0.05, 0) is 30.9 Å². The van der Waals surface area contributed by atoms with Crippen molar-refractivity contribution < 1.29 is 27.5 Å². The van der Waals surface area contributed by atoms with Crippen LogP contribution in [0.5, 0.6) is 0 Å². The largest absolute Gasteiger partial charge is 0.481 e. The first-order valence-electron chi connectivity index (χ1n) is 7.92. The summed E-state index contributed by atoms with van der Waals surface area (Å²) in [6, 6.07) is 3.52. The average Bonchev–Trinajstić information content (AvgIpc) is 2.47. The zero-order chi connectivity index (χ0) is 18.8. The maximum atomic E-state index is 13.8. The summed E-state index contributed by atoms with van der Waals surface area (Å²) in [7, 11) is -4.21. The highest BCUT2D eigenvalue weighted by Gasteiger charge is 2.37. The number of carbonyl (C=O) groups is 2. The molecule has 0 spiro atoms. The van der Waals surface area contributed by atoms with Crippen LogP contribution in [0.3, 0.4) is 0 Å². The van der Waals surface area contributed by atoms with Gasteiger partial charge in [-0.15, -0.1) is 0 Å². The third-order valence-corrected chi connectivity index (χ3v) is 5.67. The van der Waals surface area contributed by atoms with Gasteiger partial charge in [0.15, 0.2) is 0 Å². The number of carbonyl (C=O) groups excluding carboxylic acids is 1. The number of hydrogen-bond donors (Lipinski definition) is 3. The number of carboxylic acid groups (broad SMARTS) is 1. The number of sulfonamides is 1. The molecule has 2 rings (SSSR count). The van der Waals surface area contributed by atoms with Crippen molar-refractivity contribution in [3.05, 3.63) is 30.1 Å². The summed E-state index contributed by atoms with van der Waals surface area (Å²) in [6.07, 6.45) is 0.623. The number of hydrogen-bond acceptors (Lipinski definition) is 4. The minimum absolute atomic E-state index is 0.298. The van der Waals surface area contributed by atoms with Crippen molar-refractivity contribution in [1.82, 2.24) is 10.0 Å². The molecule has 1 aliphatic rings. The number of benzene rings is 1. The highest BCUT2D eigenvalue weighted by atomic mass is 32.2. The van der Waals surface area contributed by atoms with Crippen molar-refractivity contribution in [2.24, 2.45) is 11.8 Å². The van der Waals surface area contributed by atoms with E-state index in [-0.39, 0.29) is 12.0 Å². The Morgan fingerprint density at radius 1 is 1.24 bits per heavy atom. The molecule has 1 atom stereocenters.